The number of hydrogen-bond acceptors (Lipinski definition) is 2. The molecular weight excluding hydrogens is 196 g/mol. The van der Waals surface area contributed by atoms with E-state index >= 15 is 0 Å². The van der Waals surface area contributed by atoms with Crippen molar-refractivity contribution in [2.24, 2.45) is 0 Å². The summed E-state index contributed by atoms with van der Waals surface area (Å²) < 4.78 is 0. The van der Waals surface area contributed by atoms with Gasteiger partial charge in [0.05, 0.1) is 0 Å². The van der Waals surface area contributed by atoms with Gasteiger partial charge in [-0.05, 0) is 32.1 Å². The molecule has 0 spiro atoms. The fourth-order valence-electron chi connectivity index (χ4n) is 1.92. The van der Waals surface area contributed by atoms with Crippen LogP contribution in [0.5, 0.6) is 0 Å². The van der Waals surface area contributed by atoms with Crippen molar-refractivity contribution in [3.05, 3.63) is 0 Å². The molecule has 0 aromatic heterocycles. The van der Waals surface area contributed by atoms with Crippen molar-refractivity contribution >= 4 is 12.0 Å². The van der Waals surface area contributed by atoms with Gasteiger partial charge < -0.3 is 15.3 Å². The number of carbonyl (C=O) groups excluding carboxylic acids is 1. The van der Waals surface area contributed by atoms with E-state index in [1.165, 1.54) is 4.90 Å². The van der Waals surface area contributed by atoms with Gasteiger partial charge in [0.2, 0.25) is 0 Å². The van der Waals surface area contributed by atoms with Gasteiger partial charge in [0.1, 0.15) is 6.04 Å². The van der Waals surface area contributed by atoms with Crippen LogP contribution in [0.2, 0.25) is 0 Å². The molecule has 2 amide bonds. The first-order chi connectivity index (χ1) is 7.18. The number of nitrogens with zero attached hydrogens (tertiary/aromatic N) is 1. The van der Waals surface area contributed by atoms with Gasteiger partial charge in [-0.1, -0.05) is 0 Å². The van der Waals surface area contributed by atoms with E-state index in [2.05, 4.69) is 5.32 Å². The number of nitrogens with one attached hydrogen (secondary N) is 1. The molecule has 84 valence electrons. The topological polar surface area (TPSA) is 69.6 Å². The lowest BCUT2D eigenvalue weighted by Gasteiger charge is -2.32. The zero-order valence-electron chi connectivity index (χ0n) is 8.61. The zero-order valence-corrected chi connectivity index (χ0v) is 8.61. The maximum absolute atomic E-state index is 11.7. The number of hydrogen-bond donors (Lipinski definition) is 2. The predicted octanol–water partition coefficient (Wildman–Crippen LogP) is 0.797. The minimum atomic E-state index is -0.888. The number of aliphatic carboxylic acids is 1. The number of amides is 2. The van der Waals surface area contributed by atoms with Crippen LogP contribution < -0.4 is 5.32 Å². The third-order valence-corrected chi connectivity index (χ3v) is 2.95. The zero-order chi connectivity index (χ0) is 10.8. The summed E-state index contributed by atoms with van der Waals surface area (Å²) in [5.74, 6) is -0.888. The summed E-state index contributed by atoms with van der Waals surface area (Å²) in [5, 5.41) is 11.8. The van der Waals surface area contributed by atoms with Gasteiger partial charge >= 0.3 is 12.0 Å². The first-order valence-corrected chi connectivity index (χ1v) is 5.48. The Hall–Kier alpha value is -1.26. The van der Waals surface area contributed by atoms with Crippen LogP contribution in [0, 0.1) is 0 Å². The average Bonchev–Trinajstić information content (AvgIpc) is 3.01. The van der Waals surface area contributed by atoms with Crippen LogP contribution in [0.15, 0.2) is 0 Å². The quantitative estimate of drug-likeness (QED) is 0.711. The molecule has 5 nitrogen and oxygen atoms in total. The van der Waals surface area contributed by atoms with Crippen LogP contribution in [-0.4, -0.2) is 40.6 Å². The Labute approximate surface area is 88.4 Å². The summed E-state index contributed by atoms with van der Waals surface area (Å²) in [4.78, 5) is 24.1. The van der Waals surface area contributed by atoms with Crippen LogP contribution in [0.4, 0.5) is 4.79 Å². The summed E-state index contributed by atoms with van der Waals surface area (Å²) in [6.07, 6.45) is 4.42. The molecule has 0 bridgehead atoms. The number of carboxylic acid groups (broad SMARTS) is 1. The van der Waals surface area contributed by atoms with Crippen LogP contribution in [0.1, 0.15) is 32.1 Å². The lowest BCUT2D eigenvalue weighted by atomic mass is 10.0. The minimum absolute atomic E-state index is 0.204. The Balaban J connectivity index is 1.96. The van der Waals surface area contributed by atoms with Gasteiger partial charge in [-0.3, -0.25) is 0 Å². The van der Waals surface area contributed by atoms with E-state index in [4.69, 9.17) is 5.11 Å². The van der Waals surface area contributed by atoms with Crippen LogP contribution >= 0.6 is 0 Å². The highest BCUT2D eigenvalue weighted by Crippen LogP contribution is 2.21. The van der Waals surface area contributed by atoms with Crippen molar-refractivity contribution in [1.29, 1.82) is 0 Å². The Morgan fingerprint density at radius 1 is 1.20 bits per heavy atom. The van der Waals surface area contributed by atoms with E-state index in [1.807, 2.05) is 0 Å². The lowest BCUT2D eigenvalue weighted by Crippen LogP contribution is -2.52. The third-order valence-electron chi connectivity index (χ3n) is 2.95. The molecule has 2 fully saturated rings. The summed E-state index contributed by atoms with van der Waals surface area (Å²) in [5.41, 5.74) is 0. The van der Waals surface area contributed by atoms with Gasteiger partial charge in [-0.25, -0.2) is 9.59 Å². The molecule has 1 aliphatic carbocycles. The summed E-state index contributed by atoms with van der Waals surface area (Å²) >= 11 is 0. The lowest BCUT2D eigenvalue weighted by molar-refractivity contribution is -0.143. The number of likely N-dealkylation sites (tertiary alicyclic amines) is 1. The van der Waals surface area contributed by atoms with Crippen LogP contribution in [-0.2, 0) is 4.79 Å². The molecular formula is C10H16N2O3. The van der Waals surface area contributed by atoms with Gasteiger partial charge in [0.15, 0.2) is 0 Å². The Kier molecular flexibility index (Phi) is 2.79. The number of rotatable bonds is 2. The molecule has 1 saturated carbocycles. The fraction of sp³-hybridized carbons (Fsp3) is 0.800. The average molecular weight is 212 g/mol. The van der Waals surface area contributed by atoms with Crippen molar-refractivity contribution in [3.8, 4) is 0 Å². The maximum Gasteiger partial charge on any atom is 0.326 e. The largest absolute Gasteiger partial charge is 0.480 e. The molecule has 1 atom stereocenters. The second kappa shape index (κ2) is 4.08. The monoisotopic (exact) mass is 212 g/mol. The summed E-state index contributed by atoms with van der Waals surface area (Å²) in [6, 6.07) is -0.545. The maximum atomic E-state index is 11.7. The first kappa shape index (κ1) is 10.3. The number of carbonyl (C=O) groups is 2. The molecule has 0 unspecified atom stereocenters. The molecule has 2 aliphatic rings. The van der Waals surface area contributed by atoms with E-state index < -0.39 is 12.0 Å². The molecule has 1 aliphatic heterocycles. The first-order valence-electron chi connectivity index (χ1n) is 5.48. The van der Waals surface area contributed by atoms with Crippen LogP contribution in [0.25, 0.3) is 0 Å². The molecule has 0 aromatic rings. The summed E-state index contributed by atoms with van der Waals surface area (Å²) in [7, 11) is 0. The normalized spacial score (nSPS) is 26.1. The molecule has 1 heterocycles. The minimum Gasteiger partial charge on any atom is -0.480 e. The summed E-state index contributed by atoms with van der Waals surface area (Å²) in [6.45, 7) is 0.565. The second-order valence-electron chi connectivity index (χ2n) is 4.27. The number of piperidine rings is 1. The van der Waals surface area contributed by atoms with E-state index in [1.54, 1.807) is 0 Å². The van der Waals surface area contributed by atoms with Gasteiger partial charge in [0.25, 0.3) is 0 Å². The second-order valence-corrected chi connectivity index (χ2v) is 4.27. The van der Waals surface area contributed by atoms with Crippen molar-refractivity contribution in [1.82, 2.24) is 10.2 Å². The smallest absolute Gasteiger partial charge is 0.326 e. The number of carboxylic acids is 1. The molecule has 15 heavy (non-hydrogen) atoms. The van der Waals surface area contributed by atoms with Gasteiger partial charge in [-0.2, -0.15) is 0 Å². The molecule has 2 rings (SSSR count). The van der Waals surface area contributed by atoms with Crippen molar-refractivity contribution in [3.63, 3.8) is 0 Å². The van der Waals surface area contributed by atoms with E-state index in [0.717, 1.165) is 25.7 Å². The van der Waals surface area contributed by atoms with E-state index in [0.29, 0.717) is 13.0 Å². The molecule has 2 N–H and O–H groups in total. The van der Waals surface area contributed by atoms with Crippen molar-refractivity contribution in [2.75, 3.05) is 6.54 Å². The van der Waals surface area contributed by atoms with E-state index in [9.17, 15) is 9.59 Å². The van der Waals surface area contributed by atoms with Crippen molar-refractivity contribution < 1.29 is 14.7 Å². The number of urea groups is 1. The van der Waals surface area contributed by atoms with Crippen LogP contribution in [0.3, 0.4) is 0 Å². The predicted molar refractivity (Wildman–Crippen MR) is 53.5 cm³/mol. The standard InChI is InChI=1S/C10H16N2O3/c13-9(14)8-3-1-2-6-12(8)10(15)11-7-4-5-7/h7-8H,1-6H2,(H,11,15)(H,13,14)/t8-/m0/s1. The molecule has 0 radical (unpaired) electrons. The highest BCUT2D eigenvalue weighted by atomic mass is 16.4. The Morgan fingerprint density at radius 3 is 2.53 bits per heavy atom. The fourth-order valence-corrected chi connectivity index (χ4v) is 1.92. The van der Waals surface area contributed by atoms with Gasteiger partial charge in [-0.15, -0.1) is 0 Å². The highest BCUT2D eigenvalue weighted by Gasteiger charge is 2.34. The highest BCUT2D eigenvalue weighted by molar-refractivity contribution is 5.83. The third kappa shape index (κ3) is 2.40. The molecule has 5 heteroatoms. The SMILES string of the molecule is O=C(O)[C@@H]1CCCCN1C(=O)NC1CC1. The molecule has 1 saturated heterocycles. The molecule has 0 aromatic carbocycles. The van der Waals surface area contributed by atoms with Gasteiger partial charge in [0, 0.05) is 12.6 Å². The van der Waals surface area contributed by atoms with Crippen molar-refractivity contribution in [2.45, 2.75) is 44.2 Å². The Morgan fingerprint density at radius 2 is 1.93 bits per heavy atom. The Bertz CT molecular complexity index is 276. The van der Waals surface area contributed by atoms with E-state index in [-0.39, 0.29) is 12.1 Å².